The predicted octanol–water partition coefficient (Wildman–Crippen LogP) is 6.31. The van der Waals surface area contributed by atoms with Crippen LogP contribution in [0.1, 0.15) is 97.0 Å². The molecule has 3 atom stereocenters. The lowest BCUT2D eigenvalue weighted by molar-refractivity contribution is -0.0500. The molecule has 8 nitrogen and oxygen atoms in total. The van der Waals surface area contributed by atoms with Crippen LogP contribution in [0.3, 0.4) is 0 Å². The van der Waals surface area contributed by atoms with E-state index in [9.17, 15) is 17.8 Å². The zero-order chi connectivity index (χ0) is 28.3. The molecule has 0 aromatic carbocycles. The number of alkyl carbamates (subject to hydrolysis) is 1. The summed E-state index contributed by atoms with van der Waals surface area (Å²) in [4.78, 5) is 21.9. The number of alkyl halides is 2. The minimum atomic E-state index is -2.69. The van der Waals surface area contributed by atoms with E-state index >= 15 is 0 Å². The van der Waals surface area contributed by atoms with Gasteiger partial charge < -0.3 is 10.1 Å². The van der Waals surface area contributed by atoms with Gasteiger partial charge in [-0.05, 0) is 72.8 Å². The van der Waals surface area contributed by atoms with Crippen molar-refractivity contribution in [3.8, 4) is 0 Å². The van der Waals surface area contributed by atoms with Crippen LogP contribution in [0.5, 0.6) is 0 Å². The number of hydrogen-bond donors (Lipinski definition) is 1. The highest BCUT2D eigenvalue weighted by molar-refractivity contribution is 7.99. The second-order valence-electron chi connectivity index (χ2n) is 11.8. The zero-order valence-corrected chi connectivity index (χ0v) is 23.9. The van der Waals surface area contributed by atoms with Crippen molar-refractivity contribution in [1.82, 2.24) is 19.9 Å². The van der Waals surface area contributed by atoms with Crippen LogP contribution in [0.2, 0.25) is 0 Å². The van der Waals surface area contributed by atoms with Gasteiger partial charge in [0.15, 0.2) is 5.65 Å². The van der Waals surface area contributed by atoms with Crippen LogP contribution in [0.25, 0.3) is 5.65 Å². The molecule has 0 radical (unpaired) electrons. The number of aromatic nitrogens is 3. The van der Waals surface area contributed by atoms with Crippen molar-refractivity contribution in [3.05, 3.63) is 42.4 Å². The van der Waals surface area contributed by atoms with Crippen molar-refractivity contribution in [2.45, 2.75) is 102 Å². The number of amides is 1. The fourth-order valence-electron chi connectivity index (χ4n) is 4.23. The fourth-order valence-corrected chi connectivity index (χ4v) is 4.81. The van der Waals surface area contributed by atoms with Gasteiger partial charge in [0.05, 0.1) is 46.5 Å². The van der Waals surface area contributed by atoms with Crippen LogP contribution in [0.15, 0.2) is 36.1 Å². The number of carbonyl (C=O) groups is 1. The van der Waals surface area contributed by atoms with Gasteiger partial charge >= 0.3 is 6.09 Å². The molecule has 2 unspecified atom stereocenters. The van der Waals surface area contributed by atoms with Crippen molar-refractivity contribution in [2.24, 2.45) is 10.9 Å². The van der Waals surface area contributed by atoms with E-state index in [0.717, 1.165) is 5.56 Å². The van der Waals surface area contributed by atoms with Gasteiger partial charge in [-0.2, -0.15) is 5.10 Å². The summed E-state index contributed by atoms with van der Waals surface area (Å²) in [6.07, 6.45) is 5.02. The molecule has 2 aromatic heterocycles. The second-order valence-corrected chi connectivity index (χ2v) is 13.8. The minimum Gasteiger partial charge on any atom is -0.444 e. The molecule has 2 heterocycles. The maximum absolute atomic E-state index is 13.9. The maximum Gasteiger partial charge on any atom is 0.408 e. The Balaban J connectivity index is 1.92. The number of hydrogen-bond acceptors (Lipinski definition) is 6. The summed E-state index contributed by atoms with van der Waals surface area (Å²) < 4.78 is 46.8. The first kappa shape index (κ1) is 29.9. The van der Waals surface area contributed by atoms with Gasteiger partial charge in [-0.3, -0.25) is 9.20 Å². The molecule has 1 aliphatic rings. The number of aliphatic imine (C=N–C) groups is 1. The molecule has 38 heavy (non-hydrogen) atoms. The quantitative estimate of drug-likeness (QED) is 0.235. The summed E-state index contributed by atoms with van der Waals surface area (Å²) in [5.41, 5.74) is 2.57. The van der Waals surface area contributed by atoms with Crippen molar-refractivity contribution in [2.75, 3.05) is 0 Å². The van der Waals surface area contributed by atoms with Crippen molar-refractivity contribution < 1.29 is 22.5 Å². The summed E-state index contributed by atoms with van der Waals surface area (Å²) in [5, 5.41) is 7.35. The lowest BCUT2D eigenvalue weighted by Crippen LogP contribution is -2.40. The van der Waals surface area contributed by atoms with E-state index in [2.05, 4.69) is 22.0 Å². The minimum absolute atomic E-state index is 0.225. The smallest absolute Gasteiger partial charge is 0.408 e. The SMILES string of the molecule is C=CCC(N=CS(=O)C(C)(C)C)c1cnn2cc([C@@H](NC(=O)OC(C)(C)C)C3CCC(F)(F)CC3)nc2c1. The maximum atomic E-state index is 13.9. The number of halogens is 2. The van der Waals surface area contributed by atoms with Crippen LogP contribution in [-0.4, -0.2) is 46.7 Å². The topological polar surface area (TPSA) is 98.0 Å². The van der Waals surface area contributed by atoms with Crippen molar-refractivity contribution >= 4 is 28.1 Å². The molecular formula is C27H39F2N5O3S. The molecule has 2 aromatic rings. The first-order valence-electron chi connectivity index (χ1n) is 12.9. The summed E-state index contributed by atoms with van der Waals surface area (Å²) in [6.45, 7) is 14.7. The van der Waals surface area contributed by atoms with E-state index in [1.807, 2.05) is 26.8 Å². The standard InChI is InChI=1S/C27H39F2N5O3S/c1-8-9-20(30-17-38(36)26(5,6)7)19-14-22-32-21(16-34(22)31-15-19)23(33-24(35)37-25(2,3)4)18-10-12-27(28,29)13-11-18/h8,14-18,20,23H,1,9-13H2,2-7H3,(H,33,35)/t20?,23-,38?/m0/s1. The van der Waals surface area contributed by atoms with Gasteiger partial charge in [0.2, 0.25) is 5.92 Å². The van der Waals surface area contributed by atoms with Crippen LogP contribution in [0.4, 0.5) is 13.6 Å². The number of ether oxygens (including phenoxy) is 1. The Morgan fingerprint density at radius 2 is 1.97 bits per heavy atom. The molecule has 11 heteroatoms. The molecule has 1 N–H and O–H groups in total. The molecule has 0 aliphatic heterocycles. The number of rotatable bonds is 8. The Morgan fingerprint density at radius 3 is 2.55 bits per heavy atom. The van der Waals surface area contributed by atoms with E-state index in [1.165, 1.54) is 5.55 Å². The normalized spacial score (nSPS) is 19.3. The summed E-state index contributed by atoms with van der Waals surface area (Å²) in [5.74, 6) is -2.92. The van der Waals surface area contributed by atoms with E-state index in [-0.39, 0.29) is 37.6 Å². The Hall–Kier alpha value is -2.69. The Bertz CT molecular complexity index is 1190. The largest absolute Gasteiger partial charge is 0.444 e. The third-order valence-corrected chi connectivity index (χ3v) is 7.82. The average Bonchev–Trinajstić information content (AvgIpc) is 3.21. The first-order chi connectivity index (χ1) is 17.6. The molecule has 1 amide bonds. The highest BCUT2D eigenvalue weighted by atomic mass is 32.2. The summed E-state index contributed by atoms with van der Waals surface area (Å²) >= 11 is 0. The summed E-state index contributed by atoms with van der Waals surface area (Å²) in [7, 11) is -1.26. The molecule has 1 aliphatic carbocycles. The average molecular weight is 552 g/mol. The molecule has 210 valence electrons. The van der Waals surface area contributed by atoms with Gasteiger partial charge in [-0.25, -0.2) is 23.1 Å². The summed E-state index contributed by atoms with van der Waals surface area (Å²) in [6, 6.07) is 0.886. The third kappa shape index (κ3) is 8.15. The monoisotopic (exact) mass is 551 g/mol. The number of carbonyl (C=O) groups excluding carboxylic acids is 1. The number of nitrogens with zero attached hydrogens (tertiary/aromatic N) is 4. The van der Waals surface area contributed by atoms with Crippen molar-refractivity contribution in [1.29, 1.82) is 0 Å². The predicted molar refractivity (Wildman–Crippen MR) is 146 cm³/mol. The molecular weight excluding hydrogens is 512 g/mol. The zero-order valence-electron chi connectivity index (χ0n) is 23.0. The lowest BCUT2D eigenvalue weighted by Gasteiger charge is -2.33. The van der Waals surface area contributed by atoms with Crippen LogP contribution in [-0.2, 0) is 15.5 Å². The first-order valence-corrected chi connectivity index (χ1v) is 14.1. The van der Waals surface area contributed by atoms with Crippen LogP contribution >= 0.6 is 0 Å². The fraction of sp³-hybridized carbons (Fsp3) is 0.630. The number of fused-ring (bicyclic) bond motifs is 1. The van der Waals surface area contributed by atoms with E-state index in [4.69, 9.17) is 9.72 Å². The molecule has 1 saturated carbocycles. The molecule has 1 fully saturated rings. The molecule has 0 saturated heterocycles. The van der Waals surface area contributed by atoms with Crippen LogP contribution < -0.4 is 5.32 Å². The van der Waals surface area contributed by atoms with Gasteiger partial charge in [0.25, 0.3) is 0 Å². The van der Waals surface area contributed by atoms with Gasteiger partial charge in [0.1, 0.15) is 5.60 Å². The highest BCUT2D eigenvalue weighted by Crippen LogP contribution is 2.41. The second kappa shape index (κ2) is 11.6. The Labute approximate surface area is 225 Å². The lowest BCUT2D eigenvalue weighted by atomic mass is 9.81. The van der Waals surface area contributed by atoms with E-state index in [1.54, 1.807) is 43.8 Å². The van der Waals surface area contributed by atoms with Gasteiger partial charge in [-0.15, -0.1) is 6.58 Å². The third-order valence-electron chi connectivity index (χ3n) is 6.30. The van der Waals surface area contributed by atoms with E-state index in [0.29, 0.717) is 17.8 Å². The Morgan fingerprint density at radius 1 is 1.32 bits per heavy atom. The van der Waals surface area contributed by atoms with Gasteiger partial charge in [0, 0.05) is 23.2 Å². The molecule has 0 spiro atoms. The Kier molecular flexibility index (Phi) is 9.11. The number of imidazole rings is 1. The van der Waals surface area contributed by atoms with Crippen LogP contribution in [0, 0.1) is 5.92 Å². The van der Waals surface area contributed by atoms with E-state index < -0.39 is 39.2 Å². The molecule has 3 rings (SSSR count). The highest BCUT2D eigenvalue weighted by Gasteiger charge is 2.39. The number of nitrogens with one attached hydrogen (secondary N) is 1. The molecule has 0 bridgehead atoms. The van der Waals surface area contributed by atoms with Gasteiger partial charge in [-0.1, -0.05) is 6.08 Å². The van der Waals surface area contributed by atoms with Crippen molar-refractivity contribution in [3.63, 3.8) is 0 Å².